The molecule has 3 heteroatoms. The van der Waals surface area contributed by atoms with Crippen LogP contribution in [0.3, 0.4) is 0 Å². The number of rotatable bonds is 7. The van der Waals surface area contributed by atoms with Crippen LogP contribution in [0.5, 0.6) is 0 Å². The topological polar surface area (TPSA) is 0 Å². The Bertz CT molecular complexity index is 307. The quantitative estimate of drug-likeness (QED) is 0.423. The first kappa shape index (κ1) is 19.1. The molecule has 0 spiro atoms. The van der Waals surface area contributed by atoms with Gasteiger partial charge in [-0.3, -0.25) is 0 Å². The normalized spacial score (nSPS) is 32.9. The molecule has 2 saturated carbocycles. The standard InChI is InChI=1S/C20H35F3/c1-2-3-4-5-6-16-7-11-18(12-8-16)19-13-9-17(10-14-19)15-20(21,22)23/h16-19H,2-15H2,1H3/t16-,17-,18-,19-. The van der Waals surface area contributed by atoms with E-state index in [0.29, 0.717) is 0 Å². The second kappa shape index (κ2) is 9.32. The zero-order chi connectivity index (χ0) is 16.7. The molecule has 0 heterocycles. The molecule has 0 aromatic carbocycles. The predicted molar refractivity (Wildman–Crippen MR) is 90.3 cm³/mol. The molecule has 23 heavy (non-hydrogen) atoms. The van der Waals surface area contributed by atoms with Gasteiger partial charge in [-0.05, 0) is 62.2 Å². The first-order valence-corrected chi connectivity index (χ1v) is 10.0. The van der Waals surface area contributed by atoms with Crippen molar-refractivity contribution in [2.24, 2.45) is 23.7 Å². The highest BCUT2D eigenvalue weighted by Crippen LogP contribution is 2.44. The lowest BCUT2D eigenvalue weighted by Crippen LogP contribution is -2.27. The summed E-state index contributed by atoms with van der Waals surface area (Å²) in [4.78, 5) is 0. The van der Waals surface area contributed by atoms with Gasteiger partial charge >= 0.3 is 6.18 Å². The van der Waals surface area contributed by atoms with Crippen molar-refractivity contribution in [2.45, 2.75) is 103 Å². The van der Waals surface area contributed by atoms with Gasteiger partial charge in [0.25, 0.3) is 0 Å². The van der Waals surface area contributed by atoms with Crippen molar-refractivity contribution in [3.8, 4) is 0 Å². The van der Waals surface area contributed by atoms with Crippen LogP contribution in [0.1, 0.15) is 96.8 Å². The Balaban J connectivity index is 1.61. The highest BCUT2D eigenvalue weighted by atomic mass is 19.4. The predicted octanol–water partition coefficient (Wildman–Crippen LogP) is 7.52. The maximum atomic E-state index is 12.5. The maximum absolute atomic E-state index is 12.5. The van der Waals surface area contributed by atoms with Crippen LogP contribution >= 0.6 is 0 Å². The molecule has 0 bridgehead atoms. The smallest absolute Gasteiger partial charge is 0.171 e. The van der Waals surface area contributed by atoms with Crippen LogP contribution in [-0.2, 0) is 0 Å². The lowest BCUT2D eigenvalue weighted by atomic mass is 9.68. The largest absolute Gasteiger partial charge is 0.389 e. The minimum atomic E-state index is -3.96. The van der Waals surface area contributed by atoms with Gasteiger partial charge in [0, 0.05) is 6.42 Å². The highest BCUT2D eigenvalue weighted by Gasteiger charge is 2.36. The van der Waals surface area contributed by atoms with Gasteiger partial charge in [0.15, 0.2) is 0 Å². The third kappa shape index (κ3) is 7.05. The molecule has 2 aliphatic rings. The summed E-state index contributed by atoms with van der Waals surface area (Å²) < 4.78 is 37.5. The zero-order valence-corrected chi connectivity index (χ0v) is 14.8. The Morgan fingerprint density at radius 1 is 0.696 bits per heavy atom. The maximum Gasteiger partial charge on any atom is 0.389 e. The Hall–Kier alpha value is -0.210. The van der Waals surface area contributed by atoms with Gasteiger partial charge in [-0.25, -0.2) is 0 Å². The van der Waals surface area contributed by atoms with Gasteiger partial charge in [0.2, 0.25) is 0 Å². The Morgan fingerprint density at radius 3 is 1.70 bits per heavy atom. The van der Waals surface area contributed by atoms with Gasteiger partial charge in [-0.2, -0.15) is 13.2 Å². The van der Waals surface area contributed by atoms with Crippen molar-refractivity contribution in [1.82, 2.24) is 0 Å². The third-order valence-corrected chi connectivity index (χ3v) is 6.44. The van der Waals surface area contributed by atoms with Crippen molar-refractivity contribution >= 4 is 0 Å². The molecular formula is C20H35F3. The van der Waals surface area contributed by atoms with E-state index in [1.807, 2.05) is 0 Å². The lowest BCUT2D eigenvalue weighted by molar-refractivity contribution is -0.147. The minimum Gasteiger partial charge on any atom is -0.171 e. The number of hydrogen-bond acceptors (Lipinski definition) is 0. The van der Waals surface area contributed by atoms with E-state index >= 15 is 0 Å². The molecule has 0 aliphatic heterocycles. The van der Waals surface area contributed by atoms with Crippen molar-refractivity contribution < 1.29 is 13.2 Å². The van der Waals surface area contributed by atoms with Crippen LogP contribution in [0.25, 0.3) is 0 Å². The van der Waals surface area contributed by atoms with Crippen molar-refractivity contribution in [3.63, 3.8) is 0 Å². The number of unbranched alkanes of at least 4 members (excludes halogenated alkanes) is 3. The molecular weight excluding hydrogens is 297 g/mol. The van der Waals surface area contributed by atoms with Gasteiger partial charge in [0.05, 0.1) is 0 Å². The van der Waals surface area contributed by atoms with Crippen LogP contribution in [0.4, 0.5) is 13.2 Å². The van der Waals surface area contributed by atoms with Gasteiger partial charge in [0.1, 0.15) is 0 Å². The van der Waals surface area contributed by atoms with Crippen LogP contribution < -0.4 is 0 Å². The molecule has 0 radical (unpaired) electrons. The fraction of sp³-hybridized carbons (Fsp3) is 1.00. The van der Waals surface area contributed by atoms with Crippen LogP contribution in [0, 0.1) is 23.7 Å². The molecule has 0 unspecified atom stereocenters. The summed E-state index contributed by atoms with van der Waals surface area (Å²) in [6.45, 7) is 2.26. The molecule has 0 saturated heterocycles. The molecule has 0 aromatic heterocycles. The van der Waals surface area contributed by atoms with Gasteiger partial charge < -0.3 is 0 Å². The molecule has 0 N–H and O–H groups in total. The fourth-order valence-corrected chi connectivity index (χ4v) is 5.00. The van der Waals surface area contributed by atoms with Crippen molar-refractivity contribution in [2.75, 3.05) is 0 Å². The van der Waals surface area contributed by atoms with Gasteiger partial charge in [-0.15, -0.1) is 0 Å². The molecule has 0 aromatic rings. The monoisotopic (exact) mass is 332 g/mol. The SMILES string of the molecule is CCCCCC[C@H]1CC[C@H]([C@H]2CC[C@H](CC(F)(F)F)CC2)CC1. The Kier molecular flexibility index (Phi) is 7.75. The van der Waals surface area contributed by atoms with Crippen LogP contribution in [0.2, 0.25) is 0 Å². The molecule has 2 fully saturated rings. The van der Waals surface area contributed by atoms with E-state index in [0.717, 1.165) is 43.4 Å². The van der Waals surface area contributed by atoms with Crippen LogP contribution in [-0.4, -0.2) is 6.18 Å². The van der Waals surface area contributed by atoms with E-state index in [-0.39, 0.29) is 5.92 Å². The average molecular weight is 332 g/mol. The molecule has 0 amide bonds. The number of hydrogen-bond donors (Lipinski definition) is 0. The Morgan fingerprint density at radius 2 is 1.22 bits per heavy atom. The molecule has 2 aliphatic carbocycles. The van der Waals surface area contributed by atoms with E-state index in [2.05, 4.69) is 6.92 Å². The van der Waals surface area contributed by atoms with Crippen molar-refractivity contribution in [3.05, 3.63) is 0 Å². The zero-order valence-electron chi connectivity index (χ0n) is 14.8. The highest BCUT2D eigenvalue weighted by molar-refractivity contribution is 4.82. The summed E-state index contributed by atoms with van der Waals surface area (Å²) in [6.07, 6.45) is 11.5. The average Bonchev–Trinajstić information content (AvgIpc) is 2.52. The summed E-state index contributed by atoms with van der Waals surface area (Å²) in [5.41, 5.74) is 0. The van der Waals surface area contributed by atoms with E-state index in [1.165, 1.54) is 57.8 Å². The van der Waals surface area contributed by atoms with Crippen LogP contribution in [0.15, 0.2) is 0 Å². The molecule has 0 atom stereocenters. The number of alkyl halides is 3. The molecule has 136 valence electrons. The second-order valence-electron chi connectivity index (χ2n) is 8.23. The minimum absolute atomic E-state index is 0.0962. The summed E-state index contributed by atoms with van der Waals surface area (Å²) in [6, 6.07) is 0. The van der Waals surface area contributed by atoms with E-state index in [1.54, 1.807) is 0 Å². The summed E-state index contributed by atoms with van der Waals surface area (Å²) in [5, 5.41) is 0. The lowest BCUT2D eigenvalue weighted by Gasteiger charge is -2.38. The first-order chi connectivity index (χ1) is 11.0. The molecule has 0 nitrogen and oxygen atoms in total. The summed E-state index contributed by atoms with van der Waals surface area (Å²) in [7, 11) is 0. The van der Waals surface area contributed by atoms with Gasteiger partial charge in [-0.1, -0.05) is 51.9 Å². The molecule has 2 rings (SSSR count). The summed E-state index contributed by atoms with van der Waals surface area (Å²) in [5.74, 6) is 2.38. The van der Waals surface area contributed by atoms with E-state index < -0.39 is 12.6 Å². The van der Waals surface area contributed by atoms with Crippen molar-refractivity contribution in [1.29, 1.82) is 0 Å². The second-order valence-corrected chi connectivity index (χ2v) is 8.23. The first-order valence-electron chi connectivity index (χ1n) is 10.0. The number of halogens is 3. The Labute approximate surface area is 140 Å². The van der Waals surface area contributed by atoms with E-state index in [4.69, 9.17) is 0 Å². The van der Waals surface area contributed by atoms with E-state index in [9.17, 15) is 13.2 Å². The third-order valence-electron chi connectivity index (χ3n) is 6.44. The fourth-order valence-electron chi connectivity index (χ4n) is 5.00. The summed E-state index contributed by atoms with van der Waals surface area (Å²) >= 11 is 0.